The largest absolute Gasteiger partial charge is 0.480 e. The van der Waals surface area contributed by atoms with E-state index in [1.807, 2.05) is 12.1 Å². The molecule has 1 saturated heterocycles. The lowest BCUT2D eigenvalue weighted by Crippen LogP contribution is -2.49. The van der Waals surface area contributed by atoms with Gasteiger partial charge >= 0.3 is 5.97 Å². The van der Waals surface area contributed by atoms with Crippen LogP contribution in [0, 0.1) is 11.8 Å². The van der Waals surface area contributed by atoms with Crippen molar-refractivity contribution in [2.24, 2.45) is 11.8 Å². The molecular weight excluding hydrogens is 256 g/mol. The normalized spacial score (nSPS) is 15.1. The molecule has 0 spiro atoms. The summed E-state index contributed by atoms with van der Waals surface area (Å²) in [6.07, 6.45) is 0. The van der Waals surface area contributed by atoms with Crippen molar-refractivity contribution in [1.29, 1.82) is 0 Å². The molecular formula is C15H20N2O3. The van der Waals surface area contributed by atoms with Crippen LogP contribution in [0.3, 0.4) is 0 Å². The number of nitrogens with one attached hydrogen (secondary N) is 1. The first-order chi connectivity index (χ1) is 9.47. The number of rotatable bonds is 5. The van der Waals surface area contributed by atoms with Crippen LogP contribution >= 0.6 is 0 Å². The van der Waals surface area contributed by atoms with E-state index in [1.165, 1.54) is 0 Å². The average Bonchev–Trinajstić information content (AvgIpc) is 2.34. The first kappa shape index (κ1) is 14.4. The number of carbonyl (C=O) groups is 2. The summed E-state index contributed by atoms with van der Waals surface area (Å²) in [5, 5.41) is 10.9. The highest BCUT2D eigenvalue weighted by Gasteiger charge is 2.29. The van der Waals surface area contributed by atoms with Crippen molar-refractivity contribution >= 4 is 17.6 Å². The van der Waals surface area contributed by atoms with Crippen LogP contribution < -0.4 is 10.2 Å². The third-order valence-corrected chi connectivity index (χ3v) is 3.75. The Morgan fingerprint density at radius 1 is 1.30 bits per heavy atom. The Labute approximate surface area is 118 Å². The number of anilines is 1. The zero-order valence-electron chi connectivity index (χ0n) is 11.8. The number of amides is 1. The average molecular weight is 276 g/mol. The number of nitrogens with zero attached hydrogens (tertiary/aromatic N) is 1. The van der Waals surface area contributed by atoms with Crippen molar-refractivity contribution in [3.63, 3.8) is 0 Å². The van der Waals surface area contributed by atoms with E-state index < -0.39 is 5.97 Å². The Hall–Kier alpha value is -2.04. The van der Waals surface area contributed by atoms with Gasteiger partial charge in [-0.05, 0) is 36.1 Å². The fourth-order valence-corrected chi connectivity index (χ4v) is 2.23. The Morgan fingerprint density at radius 2 is 1.90 bits per heavy atom. The SMILES string of the molecule is CC(C)C1CN(c2ccc(C(=O)NCC(=O)O)cc2)C1. The van der Waals surface area contributed by atoms with E-state index in [1.54, 1.807) is 12.1 Å². The summed E-state index contributed by atoms with van der Waals surface area (Å²) in [6.45, 7) is 6.23. The molecule has 1 amide bonds. The predicted octanol–water partition coefficient (Wildman–Crippen LogP) is 1.59. The summed E-state index contributed by atoms with van der Waals surface area (Å²) in [7, 11) is 0. The standard InChI is InChI=1S/C15H20N2O3/c1-10(2)12-8-17(9-12)13-5-3-11(4-6-13)15(20)16-7-14(18)19/h3-6,10,12H,7-9H2,1-2H3,(H,16,20)(H,18,19). The molecule has 1 aliphatic rings. The Kier molecular flexibility index (Phi) is 4.27. The molecule has 0 bridgehead atoms. The Balaban J connectivity index is 1.90. The topological polar surface area (TPSA) is 69.6 Å². The first-order valence-electron chi connectivity index (χ1n) is 6.82. The van der Waals surface area contributed by atoms with Crippen LogP contribution in [0.2, 0.25) is 0 Å². The van der Waals surface area contributed by atoms with Crippen molar-refractivity contribution in [2.75, 3.05) is 24.5 Å². The number of carbonyl (C=O) groups excluding carboxylic acids is 1. The molecule has 2 N–H and O–H groups in total. The number of hydrogen-bond acceptors (Lipinski definition) is 3. The summed E-state index contributed by atoms with van der Waals surface area (Å²) in [5.74, 6) is 0.0405. The maximum absolute atomic E-state index is 11.7. The molecule has 0 unspecified atom stereocenters. The summed E-state index contributed by atoms with van der Waals surface area (Å²) < 4.78 is 0. The van der Waals surface area contributed by atoms with Crippen LogP contribution in [0.1, 0.15) is 24.2 Å². The molecule has 5 heteroatoms. The molecule has 0 atom stereocenters. The van der Waals surface area contributed by atoms with E-state index in [0.29, 0.717) is 11.5 Å². The van der Waals surface area contributed by atoms with Crippen molar-refractivity contribution in [2.45, 2.75) is 13.8 Å². The van der Waals surface area contributed by atoms with E-state index in [2.05, 4.69) is 24.1 Å². The second kappa shape index (κ2) is 5.94. The molecule has 0 radical (unpaired) electrons. The summed E-state index contributed by atoms with van der Waals surface area (Å²) in [5.41, 5.74) is 1.59. The molecule has 0 saturated carbocycles. The number of hydrogen-bond donors (Lipinski definition) is 2. The van der Waals surface area contributed by atoms with Crippen LogP contribution in [0.25, 0.3) is 0 Å². The lowest BCUT2D eigenvalue weighted by Gasteiger charge is -2.43. The van der Waals surface area contributed by atoms with E-state index in [-0.39, 0.29) is 12.5 Å². The third-order valence-electron chi connectivity index (χ3n) is 3.75. The summed E-state index contributed by atoms with van der Waals surface area (Å²) in [6, 6.07) is 7.28. The van der Waals surface area contributed by atoms with Gasteiger partial charge in [0.2, 0.25) is 0 Å². The molecule has 108 valence electrons. The van der Waals surface area contributed by atoms with Gasteiger partial charge in [-0.2, -0.15) is 0 Å². The summed E-state index contributed by atoms with van der Waals surface area (Å²) in [4.78, 5) is 24.3. The van der Waals surface area contributed by atoms with Crippen molar-refractivity contribution < 1.29 is 14.7 Å². The van der Waals surface area contributed by atoms with E-state index in [0.717, 1.165) is 24.7 Å². The van der Waals surface area contributed by atoms with Gasteiger partial charge in [-0.25, -0.2) is 0 Å². The Morgan fingerprint density at radius 3 is 2.40 bits per heavy atom. The van der Waals surface area contributed by atoms with Gasteiger partial charge in [0.05, 0.1) is 0 Å². The van der Waals surface area contributed by atoms with E-state index in [9.17, 15) is 9.59 Å². The number of carboxylic acid groups (broad SMARTS) is 1. The summed E-state index contributed by atoms with van der Waals surface area (Å²) >= 11 is 0. The number of carboxylic acids is 1. The molecule has 0 aromatic heterocycles. The fourth-order valence-electron chi connectivity index (χ4n) is 2.23. The van der Waals surface area contributed by atoms with Crippen LogP contribution in [0.4, 0.5) is 5.69 Å². The molecule has 1 fully saturated rings. The molecule has 1 aromatic rings. The highest BCUT2D eigenvalue weighted by atomic mass is 16.4. The zero-order valence-corrected chi connectivity index (χ0v) is 11.8. The van der Waals surface area contributed by atoms with Gasteiger partial charge in [0, 0.05) is 24.3 Å². The quantitative estimate of drug-likeness (QED) is 0.857. The highest BCUT2D eigenvalue weighted by molar-refractivity contribution is 5.96. The van der Waals surface area contributed by atoms with Gasteiger partial charge < -0.3 is 15.3 Å². The molecule has 0 aliphatic carbocycles. The second-order valence-electron chi connectivity index (χ2n) is 5.53. The maximum Gasteiger partial charge on any atom is 0.322 e. The number of benzene rings is 1. The molecule has 1 heterocycles. The minimum atomic E-state index is -1.05. The van der Waals surface area contributed by atoms with Crippen LogP contribution in [-0.4, -0.2) is 36.6 Å². The van der Waals surface area contributed by atoms with Crippen LogP contribution in [0.5, 0.6) is 0 Å². The van der Waals surface area contributed by atoms with E-state index in [4.69, 9.17) is 5.11 Å². The maximum atomic E-state index is 11.7. The van der Waals surface area contributed by atoms with Crippen LogP contribution in [0.15, 0.2) is 24.3 Å². The molecule has 1 aromatic carbocycles. The minimum absolute atomic E-state index is 0.358. The highest BCUT2D eigenvalue weighted by Crippen LogP contribution is 2.29. The minimum Gasteiger partial charge on any atom is -0.480 e. The van der Waals surface area contributed by atoms with Crippen molar-refractivity contribution in [1.82, 2.24) is 5.32 Å². The van der Waals surface area contributed by atoms with Gasteiger partial charge in [0.25, 0.3) is 5.91 Å². The second-order valence-corrected chi connectivity index (χ2v) is 5.53. The lowest BCUT2D eigenvalue weighted by atomic mass is 9.88. The zero-order chi connectivity index (χ0) is 14.7. The molecule has 20 heavy (non-hydrogen) atoms. The number of aliphatic carboxylic acids is 1. The van der Waals surface area contributed by atoms with Crippen molar-refractivity contribution in [3.8, 4) is 0 Å². The fraction of sp³-hybridized carbons (Fsp3) is 0.467. The molecule has 1 aliphatic heterocycles. The third kappa shape index (κ3) is 3.29. The van der Waals surface area contributed by atoms with Gasteiger partial charge in [0.1, 0.15) is 6.54 Å². The molecule has 5 nitrogen and oxygen atoms in total. The monoisotopic (exact) mass is 276 g/mol. The predicted molar refractivity (Wildman–Crippen MR) is 77.0 cm³/mol. The van der Waals surface area contributed by atoms with E-state index >= 15 is 0 Å². The van der Waals surface area contributed by atoms with Crippen LogP contribution in [-0.2, 0) is 4.79 Å². The first-order valence-corrected chi connectivity index (χ1v) is 6.82. The van der Waals surface area contributed by atoms with Gasteiger partial charge in [0.15, 0.2) is 0 Å². The van der Waals surface area contributed by atoms with Gasteiger partial charge in [-0.1, -0.05) is 13.8 Å². The van der Waals surface area contributed by atoms with Gasteiger partial charge in [-0.15, -0.1) is 0 Å². The molecule has 2 rings (SSSR count). The smallest absolute Gasteiger partial charge is 0.322 e. The Bertz CT molecular complexity index is 490. The van der Waals surface area contributed by atoms with Crippen molar-refractivity contribution in [3.05, 3.63) is 29.8 Å². The lowest BCUT2D eigenvalue weighted by molar-refractivity contribution is -0.135. The van der Waals surface area contributed by atoms with Gasteiger partial charge in [-0.3, -0.25) is 9.59 Å².